The van der Waals surface area contributed by atoms with E-state index in [1.807, 2.05) is 37.4 Å². The molecule has 0 unspecified atom stereocenters. The van der Waals surface area contributed by atoms with Gasteiger partial charge >= 0.3 is 0 Å². The van der Waals surface area contributed by atoms with Gasteiger partial charge in [0.1, 0.15) is 18.0 Å². The Kier molecular flexibility index (Phi) is 4.34. The monoisotopic (exact) mass is 353 g/mol. The summed E-state index contributed by atoms with van der Waals surface area (Å²) in [6.07, 6.45) is 5.12. The van der Waals surface area contributed by atoms with Crippen LogP contribution in [0.4, 0.5) is 0 Å². The van der Waals surface area contributed by atoms with Gasteiger partial charge in [0, 0.05) is 13.1 Å². The summed E-state index contributed by atoms with van der Waals surface area (Å²) >= 11 is 0. The van der Waals surface area contributed by atoms with Crippen LogP contribution >= 0.6 is 0 Å². The van der Waals surface area contributed by atoms with E-state index < -0.39 is 0 Å². The van der Waals surface area contributed by atoms with Crippen LogP contribution in [0, 0.1) is 6.92 Å². The second-order valence-electron chi connectivity index (χ2n) is 6.31. The first-order valence-electron chi connectivity index (χ1n) is 8.39. The number of aromatic nitrogens is 6. The number of rotatable bonds is 6. The Morgan fingerprint density at radius 2 is 2.08 bits per heavy atom. The van der Waals surface area contributed by atoms with E-state index >= 15 is 0 Å². The van der Waals surface area contributed by atoms with E-state index in [0.717, 1.165) is 11.3 Å². The number of amides is 1. The number of aryl methyl sites for hydroxylation is 1. The molecule has 1 saturated heterocycles. The third-order valence-corrected chi connectivity index (χ3v) is 4.27. The second-order valence-corrected chi connectivity index (χ2v) is 6.31. The number of likely N-dealkylation sites (tertiary alicyclic amines) is 1. The van der Waals surface area contributed by atoms with Crippen molar-refractivity contribution in [2.45, 2.75) is 19.5 Å². The zero-order valence-electron chi connectivity index (χ0n) is 14.4. The van der Waals surface area contributed by atoms with Gasteiger partial charge in [-0.25, -0.2) is 4.68 Å². The van der Waals surface area contributed by atoms with Crippen molar-refractivity contribution >= 4 is 5.91 Å². The standard InChI is InChI=1S/C17H19N7O2/c1-13-3-2-4-16(7-13)26-12-17(25)22-10-15(11-22)23-8-14(20-21-23)9-24-18-5-6-19-24/h2-8,15H,9-12H2,1H3. The van der Waals surface area contributed by atoms with Crippen molar-refractivity contribution in [3.05, 3.63) is 54.1 Å². The fraction of sp³-hybridized carbons (Fsp3) is 0.353. The molecule has 9 heteroatoms. The first-order valence-corrected chi connectivity index (χ1v) is 8.39. The SMILES string of the molecule is Cc1cccc(OCC(=O)N2CC(n3cc(Cn4nccn4)nn3)C2)c1. The van der Waals surface area contributed by atoms with Crippen molar-refractivity contribution in [2.24, 2.45) is 0 Å². The summed E-state index contributed by atoms with van der Waals surface area (Å²) in [6, 6.07) is 7.81. The summed E-state index contributed by atoms with van der Waals surface area (Å²) in [5.41, 5.74) is 1.89. The minimum absolute atomic E-state index is 0.0242. The minimum Gasteiger partial charge on any atom is -0.484 e. The molecular weight excluding hydrogens is 334 g/mol. The Labute approximate surface area is 150 Å². The van der Waals surface area contributed by atoms with Crippen molar-refractivity contribution < 1.29 is 9.53 Å². The largest absolute Gasteiger partial charge is 0.484 e. The first-order chi connectivity index (χ1) is 12.7. The van der Waals surface area contributed by atoms with E-state index in [4.69, 9.17) is 4.74 Å². The Balaban J connectivity index is 1.26. The van der Waals surface area contributed by atoms with Gasteiger partial charge in [-0.3, -0.25) is 4.79 Å². The highest BCUT2D eigenvalue weighted by molar-refractivity contribution is 5.78. The highest BCUT2D eigenvalue weighted by Gasteiger charge is 2.32. The van der Waals surface area contributed by atoms with E-state index in [1.54, 1.807) is 26.8 Å². The molecule has 1 aromatic carbocycles. The molecule has 4 rings (SSSR count). The number of nitrogens with zero attached hydrogens (tertiary/aromatic N) is 7. The van der Waals surface area contributed by atoms with Gasteiger partial charge in [0.25, 0.3) is 5.91 Å². The molecule has 9 nitrogen and oxygen atoms in total. The smallest absolute Gasteiger partial charge is 0.260 e. The second kappa shape index (κ2) is 6.95. The number of carbonyl (C=O) groups excluding carboxylic acids is 1. The highest BCUT2D eigenvalue weighted by Crippen LogP contribution is 2.21. The fourth-order valence-corrected chi connectivity index (χ4v) is 2.80. The zero-order chi connectivity index (χ0) is 17.9. The van der Waals surface area contributed by atoms with Gasteiger partial charge in [0.2, 0.25) is 0 Å². The minimum atomic E-state index is -0.0242. The van der Waals surface area contributed by atoms with Gasteiger partial charge in [0.05, 0.1) is 24.6 Å². The van der Waals surface area contributed by atoms with Crippen LogP contribution in [0.5, 0.6) is 5.75 Å². The molecule has 1 amide bonds. The molecule has 1 fully saturated rings. The van der Waals surface area contributed by atoms with E-state index in [2.05, 4.69) is 20.5 Å². The summed E-state index contributed by atoms with van der Waals surface area (Å²) in [5.74, 6) is 0.687. The fourth-order valence-electron chi connectivity index (χ4n) is 2.80. The lowest BCUT2D eigenvalue weighted by molar-refractivity contribution is -0.139. The van der Waals surface area contributed by atoms with E-state index in [1.165, 1.54) is 0 Å². The van der Waals surface area contributed by atoms with Crippen molar-refractivity contribution in [3.8, 4) is 5.75 Å². The molecule has 0 radical (unpaired) electrons. The van der Waals surface area contributed by atoms with Gasteiger partial charge in [-0.05, 0) is 24.6 Å². The summed E-state index contributed by atoms with van der Waals surface area (Å²) < 4.78 is 7.36. The van der Waals surface area contributed by atoms with Gasteiger partial charge in [-0.2, -0.15) is 15.0 Å². The molecule has 0 atom stereocenters. The molecule has 0 saturated carbocycles. The Morgan fingerprint density at radius 3 is 2.85 bits per heavy atom. The summed E-state index contributed by atoms with van der Waals surface area (Å²) in [4.78, 5) is 15.5. The third-order valence-electron chi connectivity index (χ3n) is 4.27. The van der Waals surface area contributed by atoms with Crippen molar-refractivity contribution in [3.63, 3.8) is 0 Å². The molecule has 0 spiro atoms. The van der Waals surface area contributed by atoms with Crippen molar-refractivity contribution in [1.29, 1.82) is 0 Å². The predicted octanol–water partition coefficient (Wildman–Crippen LogP) is 0.689. The molecule has 3 heterocycles. The molecule has 3 aromatic rings. The van der Waals surface area contributed by atoms with Gasteiger partial charge < -0.3 is 9.64 Å². The van der Waals surface area contributed by atoms with E-state index in [-0.39, 0.29) is 18.6 Å². The summed E-state index contributed by atoms with van der Waals surface area (Å²) in [6.45, 7) is 3.73. The molecule has 0 bridgehead atoms. The number of hydrogen-bond acceptors (Lipinski definition) is 6. The molecule has 0 aliphatic carbocycles. The van der Waals surface area contributed by atoms with Gasteiger partial charge in [-0.1, -0.05) is 17.3 Å². The number of benzene rings is 1. The molecule has 1 aliphatic heterocycles. The average molecular weight is 353 g/mol. The lowest BCUT2D eigenvalue weighted by Gasteiger charge is -2.38. The third kappa shape index (κ3) is 3.56. The Morgan fingerprint density at radius 1 is 1.27 bits per heavy atom. The van der Waals surface area contributed by atoms with Gasteiger partial charge in [-0.15, -0.1) is 5.10 Å². The van der Waals surface area contributed by atoms with Crippen LogP contribution < -0.4 is 4.74 Å². The van der Waals surface area contributed by atoms with Crippen molar-refractivity contribution in [2.75, 3.05) is 19.7 Å². The van der Waals surface area contributed by atoms with Crippen LogP contribution in [-0.4, -0.2) is 60.5 Å². The van der Waals surface area contributed by atoms with Gasteiger partial charge in [0.15, 0.2) is 6.61 Å². The molecule has 1 aliphatic rings. The first kappa shape index (κ1) is 16.2. The van der Waals surface area contributed by atoms with Crippen LogP contribution in [0.1, 0.15) is 17.3 Å². The lowest BCUT2D eigenvalue weighted by atomic mass is 10.1. The van der Waals surface area contributed by atoms with Crippen LogP contribution in [0.2, 0.25) is 0 Å². The maximum absolute atomic E-state index is 12.2. The molecule has 2 aromatic heterocycles. The quantitative estimate of drug-likeness (QED) is 0.647. The zero-order valence-corrected chi connectivity index (χ0v) is 14.4. The predicted molar refractivity (Wildman–Crippen MR) is 91.4 cm³/mol. The Bertz CT molecular complexity index is 884. The van der Waals surface area contributed by atoms with Crippen LogP contribution in [-0.2, 0) is 11.3 Å². The number of carbonyl (C=O) groups is 1. The summed E-state index contributed by atoms with van der Waals surface area (Å²) in [5, 5.41) is 16.4. The number of ether oxygens (including phenoxy) is 1. The summed E-state index contributed by atoms with van der Waals surface area (Å²) in [7, 11) is 0. The van der Waals surface area contributed by atoms with Crippen LogP contribution in [0.15, 0.2) is 42.9 Å². The number of hydrogen-bond donors (Lipinski definition) is 0. The van der Waals surface area contributed by atoms with Crippen molar-refractivity contribution in [1.82, 2.24) is 34.9 Å². The lowest BCUT2D eigenvalue weighted by Crippen LogP contribution is -2.52. The van der Waals surface area contributed by atoms with Crippen LogP contribution in [0.25, 0.3) is 0 Å². The van der Waals surface area contributed by atoms with E-state index in [0.29, 0.717) is 25.4 Å². The molecular formula is C17H19N7O2. The Hall–Kier alpha value is -3.23. The molecule has 26 heavy (non-hydrogen) atoms. The average Bonchev–Trinajstić information content (AvgIpc) is 3.24. The normalized spacial score (nSPS) is 14.3. The van der Waals surface area contributed by atoms with E-state index in [9.17, 15) is 4.79 Å². The van der Waals surface area contributed by atoms with Crippen LogP contribution in [0.3, 0.4) is 0 Å². The maximum Gasteiger partial charge on any atom is 0.260 e. The molecule has 0 N–H and O–H groups in total. The topological polar surface area (TPSA) is 91.0 Å². The maximum atomic E-state index is 12.2. The highest BCUT2D eigenvalue weighted by atomic mass is 16.5. The molecule has 134 valence electrons.